The van der Waals surface area contributed by atoms with E-state index in [4.69, 9.17) is 0 Å². The molecule has 0 saturated heterocycles. The van der Waals surface area contributed by atoms with Gasteiger partial charge in [-0.3, -0.25) is 44.9 Å². The van der Waals surface area contributed by atoms with Crippen LogP contribution in [-0.2, 0) is 0 Å². The molecule has 7 aromatic rings. The molecule has 21 rings (SSSR count). The van der Waals surface area contributed by atoms with E-state index in [1.54, 1.807) is 0 Å². The van der Waals surface area contributed by atoms with Crippen LogP contribution in [0.5, 0.6) is 0 Å². The van der Waals surface area contributed by atoms with Crippen LogP contribution in [0.15, 0.2) is 264 Å². The van der Waals surface area contributed by atoms with Crippen molar-refractivity contribution >= 4 is 64.9 Å². The number of hydrogen-bond donors (Lipinski definition) is 0. The third kappa shape index (κ3) is 19.5. The zero-order valence-electron chi connectivity index (χ0n) is 83.0. The summed E-state index contributed by atoms with van der Waals surface area (Å²) in [6.45, 7) is 58.3. The fourth-order valence-corrected chi connectivity index (χ4v) is 19.7. The van der Waals surface area contributed by atoms with Gasteiger partial charge in [0.05, 0.1) is 83.4 Å². The molecule has 0 fully saturated rings. The SMILES string of the molecule is CC.CC.CC.CC.CC.CC.CC.CC1=C(C)C2C(C=C1)c1cccnc1N2C.CC1=C(C)C2C(C=C1)c1ccncc1N2C.CC1=C(C)C2C(C=C1)c1cnccc1N2C.CC1=C(C)C2C(C=N1)c1cccnc1N2C.CC1=C(C)C2C(C=N1)c1ccncc1N2C.CC1=C(C)C2C(C=N1)c1cnccc1N2C.CC1=C(C)C2C(C=N1)c1ncccc1N2C. The zero-order chi connectivity index (χ0) is 93.0. The lowest BCUT2D eigenvalue weighted by molar-refractivity contribution is 0.676. The van der Waals surface area contributed by atoms with Crippen LogP contribution in [-0.4, -0.2) is 151 Å². The molecule has 18 heteroatoms. The van der Waals surface area contributed by atoms with Crippen LogP contribution in [0.4, 0.5) is 40.1 Å². The normalized spacial score (nSPS) is 24.4. The second-order valence-electron chi connectivity index (χ2n) is 32.4. The van der Waals surface area contributed by atoms with E-state index >= 15 is 0 Å². The average Bonchev–Trinajstić information content (AvgIpc) is 1.65. The first-order valence-corrected chi connectivity index (χ1v) is 46.5. The van der Waals surface area contributed by atoms with E-state index in [1.807, 2.05) is 190 Å². The molecule has 7 aromatic heterocycles. The number of rotatable bonds is 0. The summed E-state index contributed by atoms with van der Waals surface area (Å²) in [4.78, 5) is 64.6. The zero-order valence-corrected chi connectivity index (χ0v) is 83.0. The third-order valence-corrected chi connectivity index (χ3v) is 26.7. The Kier molecular flexibility index (Phi) is 36.4. The Balaban J connectivity index is 0.000000178. The van der Waals surface area contributed by atoms with Gasteiger partial charge in [-0.2, -0.15) is 0 Å². The van der Waals surface area contributed by atoms with E-state index in [9.17, 15) is 0 Å². The van der Waals surface area contributed by atoms with E-state index in [0.717, 1.165) is 40.1 Å². The molecule has 0 N–H and O–H groups in total. The number of allylic oxidation sites excluding steroid dienone is 10. The molecule has 0 spiro atoms. The number of aromatic nitrogens is 7. The number of fused-ring (bicyclic) bond motifs is 21. The van der Waals surface area contributed by atoms with Gasteiger partial charge in [-0.05, 0) is 196 Å². The highest BCUT2D eigenvalue weighted by Crippen LogP contribution is 2.51. The molecule has 126 heavy (non-hydrogen) atoms. The van der Waals surface area contributed by atoms with Crippen LogP contribution in [0.2, 0.25) is 0 Å². The summed E-state index contributed by atoms with van der Waals surface area (Å²) in [6, 6.07) is 24.1. The molecule has 0 saturated carbocycles. The number of likely N-dealkylation sites (N-methyl/N-ethyl adjacent to an activating group) is 7. The van der Waals surface area contributed by atoms with Gasteiger partial charge in [0.25, 0.3) is 0 Å². The van der Waals surface area contributed by atoms with Crippen molar-refractivity contribution in [2.24, 2.45) is 20.0 Å². The Bertz CT molecular complexity index is 4430. The Morgan fingerprint density at radius 3 is 0.913 bits per heavy atom. The van der Waals surface area contributed by atoms with Crippen molar-refractivity contribution in [3.63, 3.8) is 0 Å². The highest BCUT2D eigenvalue weighted by molar-refractivity contribution is 5.85. The van der Waals surface area contributed by atoms with Crippen molar-refractivity contribution in [1.82, 2.24) is 34.9 Å². The second kappa shape index (κ2) is 45.8. The van der Waals surface area contributed by atoms with E-state index < -0.39 is 0 Å². The van der Waals surface area contributed by atoms with Gasteiger partial charge in [0, 0.05) is 222 Å². The topological polar surface area (TPSA) is 162 Å². The highest BCUT2D eigenvalue weighted by Gasteiger charge is 2.46. The van der Waals surface area contributed by atoms with Gasteiger partial charge in [-0.15, -0.1) is 0 Å². The highest BCUT2D eigenvalue weighted by atomic mass is 15.2. The quantitative estimate of drug-likeness (QED) is 0.141. The summed E-state index contributed by atoms with van der Waals surface area (Å²) < 4.78 is 0. The largest absolute Gasteiger partial charge is 0.367 e. The Hall–Kier alpha value is -11.3. The van der Waals surface area contributed by atoms with Crippen molar-refractivity contribution in [3.8, 4) is 0 Å². The van der Waals surface area contributed by atoms with Crippen LogP contribution >= 0.6 is 0 Å². The number of anilines is 7. The van der Waals surface area contributed by atoms with Gasteiger partial charge in [0.2, 0.25) is 0 Å². The lowest BCUT2D eigenvalue weighted by Gasteiger charge is -2.30. The Morgan fingerprint density at radius 2 is 0.500 bits per heavy atom. The van der Waals surface area contributed by atoms with Gasteiger partial charge < -0.3 is 34.3 Å². The van der Waals surface area contributed by atoms with Crippen molar-refractivity contribution in [2.75, 3.05) is 83.6 Å². The molecule has 14 aliphatic rings. The van der Waals surface area contributed by atoms with Gasteiger partial charge in [0.1, 0.15) is 11.6 Å². The monoisotopic (exact) mass is 1700 g/mol. The lowest BCUT2D eigenvalue weighted by atomic mass is 9.84. The molecule has 0 radical (unpaired) electrons. The summed E-state index contributed by atoms with van der Waals surface area (Å²) in [5, 5.41) is 0. The number of nitrogens with zero attached hydrogens (tertiary/aromatic N) is 18. The van der Waals surface area contributed by atoms with Gasteiger partial charge in [-0.1, -0.05) is 162 Å². The van der Waals surface area contributed by atoms with Crippen LogP contribution in [0, 0.1) is 0 Å². The van der Waals surface area contributed by atoms with Gasteiger partial charge in [-0.25, -0.2) is 9.97 Å². The Labute approximate surface area is 759 Å². The van der Waals surface area contributed by atoms with Crippen LogP contribution in [0.1, 0.15) is 274 Å². The molecule has 14 atom stereocenters. The summed E-state index contributed by atoms with van der Waals surface area (Å²) >= 11 is 0. The summed E-state index contributed by atoms with van der Waals surface area (Å²) in [5.41, 5.74) is 34.2. The van der Waals surface area contributed by atoms with Crippen LogP contribution < -0.4 is 34.3 Å². The van der Waals surface area contributed by atoms with Crippen molar-refractivity contribution in [3.05, 3.63) is 283 Å². The third-order valence-electron chi connectivity index (χ3n) is 26.7. The minimum absolute atomic E-state index is 0.324. The van der Waals surface area contributed by atoms with E-state index in [0.29, 0.717) is 83.7 Å². The maximum absolute atomic E-state index is 4.50. The minimum Gasteiger partial charge on any atom is -0.367 e. The molecular formula is C108H150N18. The molecule has 672 valence electrons. The molecule has 0 bridgehead atoms. The van der Waals surface area contributed by atoms with Crippen LogP contribution in [0.3, 0.4) is 0 Å². The van der Waals surface area contributed by atoms with E-state index in [1.165, 1.54) is 118 Å². The second-order valence-corrected chi connectivity index (χ2v) is 32.4. The molecule has 14 unspecified atom stereocenters. The van der Waals surface area contributed by atoms with Crippen molar-refractivity contribution < 1.29 is 0 Å². The summed E-state index contributed by atoms with van der Waals surface area (Å²) in [5.74, 6) is 5.17. The standard InChI is InChI=1S/3C14H16N2.4C13H15N3.7C2H6/c1-9-4-5-12-11-6-7-15-8-13(11)16(3)14(12)10(9)2;1-9-4-5-11-12-8-15-7-6-13(12)16(3)14(11)10(9)2;1-9-6-7-11-12-5-4-8-15-14(12)16(3)13(11)10(9)2;1-8-9(2)15-7-11-10-6-14-5-4-12(10)16(3)13(8)11;1-8-9(2)15-6-11-10-4-5-14-7-12(10)16(3)13(8)11;1-8-9(2)15-7-10-12-11(5-4-6-14-12)16(3)13(8)10;1-8-9(2)15-7-11-10-5-4-6-14-13(10)16(3)12(8)11;7*1-2/h4-8,12,14H,1-3H3;4-8,11,14H,1-3H3;4-8,11,13H,1-3H3;2*4-7,11,13H,1-3H3;4-7,10,13H,1-3H3;4-7,11-12H,1-3H3;7*1-2H3. The van der Waals surface area contributed by atoms with Crippen molar-refractivity contribution in [1.29, 1.82) is 0 Å². The first-order chi connectivity index (χ1) is 60.9. The summed E-state index contributed by atoms with van der Waals surface area (Å²) in [7, 11) is 15.0. The van der Waals surface area contributed by atoms with E-state index in [2.05, 4.69) is 333 Å². The van der Waals surface area contributed by atoms with Gasteiger partial charge in [0.15, 0.2) is 0 Å². The maximum Gasteiger partial charge on any atom is 0.132 e. The Morgan fingerprint density at radius 1 is 0.230 bits per heavy atom. The van der Waals surface area contributed by atoms with Crippen LogP contribution in [0.25, 0.3) is 0 Å². The molecule has 0 amide bonds. The molecule has 0 aromatic carbocycles. The average molecular weight is 1700 g/mol. The first kappa shape index (κ1) is 100. The first-order valence-electron chi connectivity index (χ1n) is 46.5. The number of hydrogen-bond acceptors (Lipinski definition) is 18. The number of aliphatic imine (C=N–C) groups is 4. The maximum atomic E-state index is 4.50. The molecule has 11 aliphatic heterocycles. The minimum atomic E-state index is 0.324. The fraction of sp³-hybridized carbons (Fsp3) is 0.454. The predicted molar refractivity (Wildman–Crippen MR) is 544 cm³/mol. The summed E-state index contributed by atoms with van der Waals surface area (Å²) in [6.07, 6.45) is 42.9. The molecular weight excluding hydrogens is 1550 g/mol. The molecule has 18 heterocycles. The van der Waals surface area contributed by atoms with E-state index in [-0.39, 0.29) is 0 Å². The van der Waals surface area contributed by atoms with Gasteiger partial charge >= 0.3 is 0 Å². The number of pyridine rings is 7. The van der Waals surface area contributed by atoms with Crippen molar-refractivity contribution in [2.45, 2.75) is 278 Å². The smallest absolute Gasteiger partial charge is 0.132 e. The molecule has 3 aliphatic carbocycles. The fourth-order valence-electron chi connectivity index (χ4n) is 19.7. The lowest BCUT2D eigenvalue weighted by Crippen LogP contribution is -2.34. The predicted octanol–water partition coefficient (Wildman–Crippen LogP) is 25.3. The molecule has 18 nitrogen and oxygen atoms in total.